The van der Waals surface area contributed by atoms with E-state index in [0.717, 1.165) is 40.0 Å². The van der Waals surface area contributed by atoms with E-state index in [0.29, 0.717) is 13.0 Å². The van der Waals surface area contributed by atoms with Crippen molar-refractivity contribution >= 4 is 23.3 Å². The van der Waals surface area contributed by atoms with E-state index in [-0.39, 0.29) is 11.9 Å². The molecule has 1 heterocycles. The van der Waals surface area contributed by atoms with Gasteiger partial charge in [-0.25, -0.2) is 4.79 Å². The summed E-state index contributed by atoms with van der Waals surface area (Å²) < 4.78 is 0. The second-order valence-corrected chi connectivity index (χ2v) is 7.96. The van der Waals surface area contributed by atoms with Gasteiger partial charge in [-0.3, -0.25) is 4.79 Å². The summed E-state index contributed by atoms with van der Waals surface area (Å²) in [5.41, 5.74) is 5.95. The molecule has 1 unspecified atom stereocenters. The summed E-state index contributed by atoms with van der Waals surface area (Å²) in [5.74, 6) is -0.0927. The Labute approximate surface area is 183 Å². The highest BCUT2D eigenvalue weighted by Crippen LogP contribution is 2.28. The summed E-state index contributed by atoms with van der Waals surface area (Å²) in [7, 11) is 0. The fourth-order valence-corrected chi connectivity index (χ4v) is 4.01. The Morgan fingerprint density at radius 3 is 2.48 bits per heavy atom. The first-order valence-electron chi connectivity index (χ1n) is 10.6. The Balaban J connectivity index is 1.55. The molecule has 0 fully saturated rings. The lowest BCUT2D eigenvalue weighted by molar-refractivity contribution is -0.120. The predicted octanol–water partition coefficient (Wildman–Crippen LogP) is 4.63. The summed E-state index contributed by atoms with van der Waals surface area (Å²) in [6, 6.07) is 22.5. The number of benzene rings is 3. The number of hydrogen-bond acceptors (Lipinski definition) is 2. The van der Waals surface area contributed by atoms with Gasteiger partial charge in [0, 0.05) is 24.3 Å². The molecular weight excluding hydrogens is 386 g/mol. The Bertz CT molecular complexity index is 1090. The fraction of sp³-hybridized carbons (Fsp3) is 0.231. The van der Waals surface area contributed by atoms with E-state index in [2.05, 4.69) is 16.7 Å². The number of nitrogens with one attached hydrogen (secondary N) is 2. The maximum atomic E-state index is 13.5. The minimum atomic E-state index is -0.668. The molecule has 1 aliphatic rings. The van der Waals surface area contributed by atoms with Crippen molar-refractivity contribution in [3.8, 4) is 0 Å². The molecule has 0 spiro atoms. The average Bonchev–Trinajstić information content (AvgIpc) is 3.21. The lowest BCUT2D eigenvalue weighted by atomic mass is 10.0. The summed E-state index contributed by atoms with van der Waals surface area (Å²) in [6.07, 6.45) is 1.26. The molecule has 5 heteroatoms. The van der Waals surface area contributed by atoms with E-state index in [1.165, 1.54) is 0 Å². The molecule has 0 saturated carbocycles. The average molecular weight is 414 g/mol. The van der Waals surface area contributed by atoms with Crippen LogP contribution in [-0.2, 0) is 17.6 Å². The zero-order valence-electron chi connectivity index (χ0n) is 17.9. The number of fused-ring (bicyclic) bond motifs is 1. The summed E-state index contributed by atoms with van der Waals surface area (Å²) in [6.45, 7) is 4.60. The molecule has 0 bridgehead atoms. The third kappa shape index (κ3) is 4.61. The normalized spacial score (nSPS) is 13.4. The van der Waals surface area contributed by atoms with Crippen molar-refractivity contribution < 1.29 is 9.59 Å². The number of nitrogens with zero attached hydrogens (tertiary/aromatic N) is 1. The standard InChI is InChI=1S/C26H27N3O2/c1-18-9-8-13-22(19(18)2)27-26(31)28-23(17-20-10-4-3-5-11-20)25(30)29-16-15-21-12-6-7-14-24(21)29/h3-14,23H,15-17H2,1-2H3,(H2,27,28,31). The lowest BCUT2D eigenvalue weighted by Gasteiger charge is -2.25. The van der Waals surface area contributed by atoms with Crippen molar-refractivity contribution in [2.75, 3.05) is 16.8 Å². The Morgan fingerprint density at radius 1 is 0.935 bits per heavy atom. The molecule has 5 nitrogen and oxygen atoms in total. The van der Waals surface area contributed by atoms with Gasteiger partial charge in [-0.15, -0.1) is 0 Å². The zero-order valence-corrected chi connectivity index (χ0v) is 17.9. The number of rotatable bonds is 5. The van der Waals surface area contributed by atoms with Crippen LogP contribution in [0.4, 0.5) is 16.2 Å². The van der Waals surface area contributed by atoms with Crippen molar-refractivity contribution in [3.05, 3.63) is 95.1 Å². The van der Waals surface area contributed by atoms with Crippen LogP contribution in [0.15, 0.2) is 72.8 Å². The SMILES string of the molecule is Cc1cccc(NC(=O)NC(Cc2ccccc2)C(=O)N2CCc3ccccc32)c1C. The third-order valence-corrected chi connectivity index (χ3v) is 5.89. The van der Waals surface area contributed by atoms with Crippen molar-refractivity contribution in [2.45, 2.75) is 32.7 Å². The maximum absolute atomic E-state index is 13.5. The van der Waals surface area contributed by atoms with E-state index in [1.807, 2.05) is 80.6 Å². The number of anilines is 2. The highest BCUT2D eigenvalue weighted by atomic mass is 16.2. The zero-order chi connectivity index (χ0) is 21.8. The number of aryl methyl sites for hydroxylation is 1. The number of urea groups is 1. The van der Waals surface area contributed by atoms with Crippen LogP contribution in [0.5, 0.6) is 0 Å². The minimum absolute atomic E-state index is 0.0927. The third-order valence-electron chi connectivity index (χ3n) is 5.89. The van der Waals surface area contributed by atoms with Crippen molar-refractivity contribution in [1.29, 1.82) is 0 Å². The van der Waals surface area contributed by atoms with Gasteiger partial charge in [-0.05, 0) is 54.7 Å². The molecule has 2 N–H and O–H groups in total. The topological polar surface area (TPSA) is 61.4 Å². The molecule has 1 aliphatic heterocycles. The molecule has 3 amide bonds. The maximum Gasteiger partial charge on any atom is 0.319 e. The Morgan fingerprint density at radius 2 is 1.68 bits per heavy atom. The Hall–Kier alpha value is -3.60. The van der Waals surface area contributed by atoms with Crippen molar-refractivity contribution in [3.63, 3.8) is 0 Å². The van der Waals surface area contributed by atoms with E-state index >= 15 is 0 Å². The molecule has 0 saturated heterocycles. The van der Waals surface area contributed by atoms with Crippen LogP contribution < -0.4 is 15.5 Å². The number of carbonyl (C=O) groups excluding carboxylic acids is 2. The van der Waals surface area contributed by atoms with Crippen LogP contribution in [0.2, 0.25) is 0 Å². The van der Waals surface area contributed by atoms with Gasteiger partial charge in [0.25, 0.3) is 0 Å². The number of amides is 3. The molecule has 0 radical (unpaired) electrons. The highest BCUT2D eigenvalue weighted by Gasteiger charge is 2.31. The van der Waals surface area contributed by atoms with Gasteiger partial charge >= 0.3 is 6.03 Å². The van der Waals surface area contributed by atoms with Crippen LogP contribution in [0, 0.1) is 13.8 Å². The quantitative estimate of drug-likeness (QED) is 0.641. The highest BCUT2D eigenvalue weighted by molar-refractivity contribution is 6.02. The van der Waals surface area contributed by atoms with Gasteiger partial charge < -0.3 is 15.5 Å². The second-order valence-electron chi connectivity index (χ2n) is 7.96. The molecule has 158 valence electrons. The largest absolute Gasteiger partial charge is 0.326 e. The van der Waals surface area contributed by atoms with E-state index < -0.39 is 6.04 Å². The molecule has 1 atom stereocenters. The molecule has 0 aromatic heterocycles. The van der Waals surface area contributed by atoms with Crippen molar-refractivity contribution in [1.82, 2.24) is 5.32 Å². The van der Waals surface area contributed by atoms with Gasteiger partial charge in [0.2, 0.25) is 5.91 Å². The monoisotopic (exact) mass is 413 g/mol. The van der Waals surface area contributed by atoms with Crippen molar-refractivity contribution in [2.24, 2.45) is 0 Å². The van der Waals surface area contributed by atoms with Gasteiger partial charge in [0.1, 0.15) is 6.04 Å². The summed E-state index contributed by atoms with van der Waals surface area (Å²) in [5, 5.41) is 5.84. The first-order valence-corrected chi connectivity index (χ1v) is 10.6. The summed E-state index contributed by atoms with van der Waals surface area (Å²) in [4.78, 5) is 28.1. The first kappa shape index (κ1) is 20.7. The van der Waals surface area contributed by atoms with Crippen LogP contribution in [0.3, 0.4) is 0 Å². The predicted molar refractivity (Wildman–Crippen MR) is 125 cm³/mol. The molecule has 31 heavy (non-hydrogen) atoms. The molecule has 3 aromatic carbocycles. The van der Waals surface area contributed by atoms with Crippen LogP contribution in [-0.4, -0.2) is 24.5 Å². The number of hydrogen-bond donors (Lipinski definition) is 2. The van der Waals surface area contributed by atoms with Crippen LogP contribution in [0.1, 0.15) is 22.3 Å². The van der Waals surface area contributed by atoms with Gasteiger partial charge in [-0.2, -0.15) is 0 Å². The van der Waals surface area contributed by atoms with Gasteiger partial charge in [-0.1, -0.05) is 60.7 Å². The first-order chi connectivity index (χ1) is 15.0. The minimum Gasteiger partial charge on any atom is -0.326 e. The van der Waals surface area contributed by atoms with E-state index in [4.69, 9.17) is 0 Å². The van der Waals surface area contributed by atoms with Crippen LogP contribution in [0.25, 0.3) is 0 Å². The second kappa shape index (κ2) is 9.04. The van der Waals surface area contributed by atoms with E-state index in [1.54, 1.807) is 4.90 Å². The Kier molecular flexibility index (Phi) is 6.03. The molecule has 3 aromatic rings. The fourth-order valence-electron chi connectivity index (χ4n) is 4.01. The molecular formula is C26H27N3O2. The number of para-hydroxylation sites is 1. The van der Waals surface area contributed by atoms with Gasteiger partial charge in [0.15, 0.2) is 0 Å². The summed E-state index contributed by atoms with van der Waals surface area (Å²) >= 11 is 0. The smallest absolute Gasteiger partial charge is 0.319 e. The number of carbonyl (C=O) groups is 2. The van der Waals surface area contributed by atoms with Gasteiger partial charge in [0.05, 0.1) is 0 Å². The van der Waals surface area contributed by atoms with E-state index in [9.17, 15) is 9.59 Å². The molecule has 4 rings (SSSR count). The lowest BCUT2D eigenvalue weighted by Crippen LogP contribution is -2.50. The van der Waals surface area contributed by atoms with Crippen LogP contribution >= 0.6 is 0 Å². The molecule has 0 aliphatic carbocycles.